The van der Waals surface area contributed by atoms with Crippen LogP contribution in [0.25, 0.3) is 0 Å². The molecule has 1 aliphatic rings. The van der Waals surface area contributed by atoms with Crippen molar-refractivity contribution in [2.45, 2.75) is 38.3 Å². The van der Waals surface area contributed by atoms with Crippen LogP contribution in [-0.4, -0.2) is 37.6 Å². The number of likely N-dealkylation sites (tertiary alicyclic amines) is 1. The van der Waals surface area contributed by atoms with Crippen LogP contribution >= 0.6 is 0 Å². The summed E-state index contributed by atoms with van der Waals surface area (Å²) in [5.74, 6) is 1.54. The van der Waals surface area contributed by atoms with Crippen molar-refractivity contribution in [1.82, 2.24) is 4.90 Å². The Hall–Kier alpha value is -1.75. The van der Waals surface area contributed by atoms with Gasteiger partial charge in [-0.05, 0) is 30.5 Å². The standard InChI is InChI=1S/C16H24N2O3/c1-4-9-21-13-7-5-11(10-14(13)20-3)16-12(17)6-8-15(19)18(16)2/h5,7,10,12,16H,4,6,8-9,17H2,1-3H3. The molecule has 1 saturated heterocycles. The molecule has 2 N–H and O–H groups in total. The monoisotopic (exact) mass is 292 g/mol. The zero-order valence-corrected chi connectivity index (χ0v) is 13.0. The molecule has 21 heavy (non-hydrogen) atoms. The van der Waals surface area contributed by atoms with Gasteiger partial charge in [0.25, 0.3) is 0 Å². The van der Waals surface area contributed by atoms with Crippen LogP contribution < -0.4 is 15.2 Å². The van der Waals surface area contributed by atoms with Gasteiger partial charge in [-0.25, -0.2) is 0 Å². The minimum atomic E-state index is -0.111. The smallest absolute Gasteiger partial charge is 0.222 e. The van der Waals surface area contributed by atoms with Gasteiger partial charge in [0.2, 0.25) is 5.91 Å². The topological polar surface area (TPSA) is 64.8 Å². The molecule has 0 spiro atoms. The Morgan fingerprint density at radius 3 is 2.81 bits per heavy atom. The van der Waals surface area contributed by atoms with E-state index in [4.69, 9.17) is 15.2 Å². The van der Waals surface area contributed by atoms with Crippen molar-refractivity contribution in [2.24, 2.45) is 5.73 Å². The minimum absolute atomic E-state index is 0.0557. The van der Waals surface area contributed by atoms with Gasteiger partial charge in [0.05, 0.1) is 19.8 Å². The van der Waals surface area contributed by atoms with Gasteiger partial charge < -0.3 is 20.1 Å². The first kappa shape index (κ1) is 15.6. The number of carbonyl (C=O) groups excluding carboxylic acids is 1. The summed E-state index contributed by atoms with van der Waals surface area (Å²) in [5.41, 5.74) is 7.19. The quantitative estimate of drug-likeness (QED) is 0.902. The number of ether oxygens (including phenoxy) is 2. The molecule has 1 aliphatic heterocycles. The fourth-order valence-electron chi connectivity index (χ4n) is 2.74. The van der Waals surface area contributed by atoms with E-state index >= 15 is 0 Å². The molecule has 5 heteroatoms. The minimum Gasteiger partial charge on any atom is -0.493 e. The van der Waals surface area contributed by atoms with Gasteiger partial charge in [-0.1, -0.05) is 13.0 Å². The van der Waals surface area contributed by atoms with Gasteiger partial charge >= 0.3 is 0 Å². The van der Waals surface area contributed by atoms with E-state index < -0.39 is 0 Å². The maximum atomic E-state index is 11.9. The lowest BCUT2D eigenvalue weighted by Crippen LogP contribution is -2.46. The van der Waals surface area contributed by atoms with Crippen molar-refractivity contribution in [3.63, 3.8) is 0 Å². The molecule has 0 aromatic heterocycles. The van der Waals surface area contributed by atoms with Crippen molar-refractivity contribution in [3.8, 4) is 11.5 Å². The number of hydrogen-bond donors (Lipinski definition) is 1. The van der Waals surface area contributed by atoms with Crippen LogP contribution in [0.5, 0.6) is 11.5 Å². The summed E-state index contributed by atoms with van der Waals surface area (Å²) in [6.07, 6.45) is 2.17. The fraction of sp³-hybridized carbons (Fsp3) is 0.562. The molecule has 0 aliphatic carbocycles. The average Bonchev–Trinajstić information content (AvgIpc) is 2.49. The second-order valence-corrected chi connectivity index (χ2v) is 5.41. The van der Waals surface area contributed by atoms with E-state index in [-0.39, 0.29) is 18.0 Å². The molecular formula is C16H24N2O3. The number of amides is 1. The zero-order valence-electron chi connectivity index (χ0n) is 13.0. The van der Waals surface area contributed by atoms with Crippen LogP contribution in [0.3, 0.4) is 0 Å². The Labute approximate surface area is 126 Å². The molecule has 0 saturated carbocycles. The second kappa shape index (κ2) is 6.80. The molecule has 0 radical (unpaired) electrons. The van der Waals surface area contributed by atoms with Crippen molar-refractivity contribution in [1.29, 1.82) is 0 Å². The molecule has 1 amide bonds. The maximum Gasteiger partial charge on any atom is 0.222 e. The first-order valence-corrected chi connectivity index (χ1v) is 7.40. The Morgan fingerprint density at radius 1 is 1.38 bits per heavy atom. The van der Waals surface area contributed by atoms with E-state index in [1.807, 2.05) is 18.2 Å². The number of benzene rings is 1. The van der Waals surface area contributed by atoms with Gasteiger partial charge in [-0.3, -0.25) is 4.79 Å². The third-order valence-corrected chi connectivity index (χ3v) is 3.90. The van der Waals surface area contributed by atoms with E-state index in [9.17, 15) is 4.79 Å². The van der Waals surface area contributed by atoms with E-state index in [1.54, 1.807) is 19.1 Å². The number of carbonyl (C=O) groups is 1. The number of nitrogens with two attached hydrogens (primary N) is 1. The molecule has 1 fully saturated rings. The number of likely N-dealkylation sites (N-methyl/N-ethyl adjacent to an activating group) is 1. The predicted octanol–water partition coefficient (Wildman–Crippen LogP) is 2.10. The van der Waals surface area contributed by atoms with E-state index in [0.29, 0.717) is 25.2 Å². The number of nitrogens with zero attached hydrogens (tertiary/aromatic N) is 1. The van der Waals surface area contributed by atoms with Crippen molar-refractivity contribution in [2.75, 3.05) is 20.8 Å². The summed E-state index contributed by atoms with van der Waals surface area (Å²) in [6, 6.07) is 5.61. The Morgan fingerprint density at radius 2 is 2.14 bits per heavy atom. The molecule has 0 bridgehead atoms. The Bertz CT molecular complexity index is 504. The van der Waals surface area contributed by atoms with E-state index in [2.05, 4.69) is 6.92 Å². The normalized spacial score (nSPS) is 22.3. The molecule has 1 aromatic carbocycles. The summed E-state index contributed by atoms with van der Waals surface area (Å²) in [5, 5.41) is 0. The first-order valence-electron chi connectivity index (χ1n) is 7.40. The third kappa shape index (κ3) is 3.29. The largest absolute Gasteiger partial charge is 0.493 e. The summed E-state index contributed by atoms with van der Waals surface area (Å²) in [4.78, 5) is 13.6. The van der Waals surface area contributed by atoms with Crippen molar-refractivity contribution in [3.05, 3.63) is 23.8 Å². The number of methoxy groups -OCH3 is 1. The summed E-state index contributed by atoms with van der Waals surface area (Å²) >= 11 is 0. The zero-order chi connectivity index (χ0) is 15.4. The van der Waals surface area contributed by atoms with Gasteiger partial charge in [-0.2, -0.15) is 0 Å². The van der Waals surface area contributed by atoms with Gasteiger partial charge in [0.1, 0.15) is 0 Å². The molecule has 1 heterocycles. The highest BCUT2D eigenvalue weighted by Crippen LogP contribution is 2.35. The van der Waals surface area contributed by atoms with Crippen LogP contribution in [-0.2, 0) is 4.79 Å². The molecule has 1 aromatic rings. The summed E-state index contributed by atoms with van der Waals surface area (Å²) < 4.78 is 11.1. The van der Waals surface area contributed by atoms with Crippen LogP contribution in [0.15, 0.2) is 18.2 Å². The predicted molar refractivity (Wildman–Crippen MR) is 81.5 cm³/mol. The molecule has 2 atom stereocenters. The SMILES string of the molecule is CCCOc1ccc(C2C(N)CCC(=O)N2C)cc1OC. The number of rotatable bonds is 5. The fourth-order valence-corrected chi connectivity index (χ4v) is 2.74. The highest BCUT2D eigenvalue weighted by Gasteiger charge is 2.32. The van der Waals surface area contributed by atoms with Gasteiger partial charge in [0, 0.05) is 19.5 Å². The van der Waals surface area contributed by atoms with Crippen LogP contribution in [0.1, 0.15) is 37.8 Å². The van der Waals surface area contributed by atoms with Crippen LogP contribution in [0.2, 0.25) is 0 Å². The lowest BCUT2D eigenvalue weighted by molar-refractivity contribution is -0.135. The van der Waals surface area contributed by atoms with E-state index in [0.717, 1.165) is 17.7 Å². The molecule has 2 unspecified atom stereocenters. The van der Waals surface area contributed by atoms with Crippen molar-refractivity contribution >= 4 is 5.91 Å². The second-order valence-electron chi connectivity index (χ2n) is 5.41. The highest BCUT2D eigenvalue weighted by molar-refractivity contribution is 5.77. The molecule has 116 valence electrons. The molecule has 5 nitrogen and oxygen atoms in total. The van der Waals surface area contributed by atoms with E-state index in [1.165, 1.54) is 0 Å². The lowest BCUT2D eigenvalue weighted by Gasteiger charge is -2.37. The van der Waals surface area contributed by atoms with Crippen LogP contribution in [0, 0.1) is 0 Å². The summed E-state index contributed by atoms with van der Waals surface area (Å²) in [7, 11) is 3.42. The Balaban J connectivity index is 2.28. The summed E-state index contributed by atoms with van der Waals surface area (Å²) in [6.45, 7) is 2.71. The molecular weight excluding hydrogens is 268 g/mol. The third-order valence-electron chi connectivity index (χ3n) is 3.90. The van der Waals surface area contributed by atoms with Gasteiger partial charge in [0.15, 0.2) is 11.5 Å². The van der Waals surface area contributed by atoms with Crippen molar-refractivity contribution < 1.29 is 14.3 Å². The lowest BCUT2D eigenvalue weighted by atomic mass is 9.91. The van der Waals surface area contributed by atoms with Gasteiger partial charge in [-0.15, -0.1) is 0 Å². The molecule has 2 rings (SSSR count). The Kier molecular flexibility index (Phi) is 5.07. The first-order chi connectivity index (χ1) is 10.1. The number of hydrogen-bond acceptors (Lipinski definition) is 4. The average molecular weight is 292 g/mol. The maximum absolute atomic E-state index is 11.9. The highest BCUT2D eigenvalue weighted by atomic mass is 16.5. The van der Waals surface area contributed by atoms with Crippen LogP contribution in [0.4, 0.5) is 0 Å². The number of piperidine rings is 1.